The molecule has 5 rings (SSSR count). The molecular formula is C24H29FN6O2. The number of amides is 1. The van der Waals surface area contributed by atoms with Gasteiger partial charge in [0.25, 0.3) is 0 Å². The van der Waals surface area contributed by atoms with Gasteiger partial charge in [-0.1, -0.05) is 12.2 Å². The molecule has 174 valence electrons. The maximum Gasteiger partial charge on any atom is 0.229 e. The number of carbonyl (C=O) groups excluding carboxylic acids is 1. The summed E-state index contributed by atoms with van der Waals surface area (Å²) < 4.78 is 20.5. The number of carbonyl (C=O) groups is 1. The van der Waals surface area contributed by atoms with Crippen LogP contribution in [0.4, 0.5) is 21.8 Å². The highest BCUT2D eigenvalue weighted by molar-refractivity contribution is 5.79. The number of primary amides is 1. The maximum atomic E-state index is 14.5. The number of nitrogens with zero attached hydrogens (tertiary/aromatic N) is 3. The van der Waals surface area contributed by atoms with Gasteiger partial charge < -0.3 is 26.0 Å². The van der Waals surface area contributed by atoms with Gasteiger partial charge >= 0.3 is 0 Å². The summed E-state index contributed by atoms with van der Waals surface area (Å²) in [5, 5.41) is 6.22. The number of benzene rings is 1. The standard InChI is InChI=1S/C24H29FN6O2/c1-31-10-8-18(9-11-31)33-17-6-4-16(5-7-17)28-24-27-13-19(25)23(30-24)29-21-15-3-2-14(12-15)20(21)22(26)32/h2-7,13-15,18,20-21H,8-12H2,1H3,(H2,26,32)(H2,27,28,29,30)/t14-,15+,20+,21-/m1/s1. The molecule has 1 aliphatic heterocycles. The number of nitrogens with two attached hydrogens (primary N) is 1. The quantitative estimate of drug-likeness (QED) is 0.555. The summed E-state index contributed by atoms with van der Waals surface area (Å²) in [5.41, 5.74) is 6.38. The average Bonchev–Trinajstić information content (AvgIpc) is 3.41. The minimum absolute atomic E-state index is 0.0620. The van der Waals surface area contributed by atoms with Gasteiger partial charge in [0.2, 0.25) is 11.9 Å². The average molecular weight is 453 g/mol. The van der Waals surface area contributed by atoms with Crippen molar-refractivity contribution < 1.29 is 13.9 Å². The van der Waals surface area contributed by atoms with E-state index in [4.69, 9.17) is 10.5 Å². The molecule has 2 aliphatic carbocycles. The topological polar surface area (TPSA) is 105 Å². The smallest absolute Gasteiger partial charge is 0.229 e. The van der Waals surface area contributed by atoms with Crippen molar-refractivity contribution >= 4 is 23.4 Å². The summed E-state index contributed by atoms with van der Waals surface area (Å²) in [6, 6.07) is 7.30. The Morgan fingerprint density at radius 1 is 1.18 bits per heavy atom. The number of ether oxygens (including phenoxy) is 1. The molecule has 1 aromatic carbocycles. The number of aromatic nitrogens is 2. The Hall–Kier alpha value is -3.20. The zero-order valence-corrected chi connectivity index (χ0v) is 18.6. The van der Waals surface area contributed by atoms with E-state index in [9.17, 15) is 9.18 Å². The molecule has 4 atom stereocenters. The van der Waals surface area contributed by atoms with Crippen molar-refractivity contribution in [1.82, 2.24) is 14.9 Å². The van der Waals surface area contributed by atoms with Crippen LogP contribution in [0, 0.1) is 23.6 Å². The molecule has 2 bridgehead atoms. The van der Waals surface area contributed by atoms with Gasteiger partial charge in [-0.25, -0.2) is 9.37 Å². The van der Waals surface area contributed by atoms with E-state index in [0.29, 0.717) is 0 Å². The Morgan fingerprint density at radius 3 is 2.64 bits per heavy atom. The van der Waals surface area contributed by atoms with Gasteiger partial charge in [0.05, 0.1) is 12.1 Å². The van der Waals surface area contributed by atoms with E-state index in [1.165, 1.54) is 0 Å². The third kappa shape index (κ3) is 4.64. The Bertz CT molecular complexity index is 1040. The Balaban J connectivity index is 1.24. The van der Waals surface area contributed by atoms with Crippen molar-refractivity contribution in [2.24, 2.45) is 23.5 Å². The molecule has 8 nitrogen and oxygen atoms in total. The zero-order chi connectivity index (χ0) is 22.9. The van der Waals surface area contributed by atoms with Crippen molar-refractivity contribution in [3.63, 3.8) is 0 Å². The molecule has 3 aliphatic rings. The number of anilines is 3. The molecule has 2 fully saturated rings. The molecule has 9 heteroatoms. The van der Waals surface area contributed by atoms with Crippen molar-refractivity contribution in [1.29, 1.82) is 0 Å². The normalized spacial score (nSPS) is 27.0. The highest BCUT2D eigenvalue weighted by Crippen LogP contribution is 2.44. The first-order valence-corrected chi connectivity index (χ1v) is 11.5. The summed E-state index contributed by atoms with van der Waals surface area (Å²) in [5.74, 6) is 0.0570. The lowest BCUT2D eigenvalue weighted by atomic mass is 9.88. The van der Waals surface area contributed by atoms with Gasteiger partial charge in [-0.3, -0.25) is 4.79 Å². The van der Waals surface area contributed by atoms with Crippen molar-refractivity contribution in [3.8, 4) is 5.75 Å². The maximum absolute atomic E-state index is 14.5. The van der Waals surface area contributed by atoms with Gasteiger partial charge in [0, 0.05) is 24.8 Å². The Kier molecular flexibility index (Phi) is 5.88. The molecular weight excluding hydrogens is 423 g/mol. The first-order valence-electron chi connectivity index (χ1n) is 11.5. The van der Waals surface area contributed by atoms with Crippen LogP contribution in [0.2, 0.25) is 0 Å². The van der Waals surface area contributed by atoms with Gasteiger partial charge in [-0.05, 0) is 62.4 Å². The number of rotatable bonds is 7. The number of fused-ring (bicyclic) bond motifs is 2. The third-order valence-corrected chi connectivity index (χ3v) is 6.91. The summed E-state index contributed by atoms with van der Waals surface area (Å²) in [4.78, 5) is 22.6. The van der Waals surface area contributed by atoms with Crippen LogP contribution in [-0.4, -0.2) is 53.1 Å². The van der Waals surface area contributed by atoms with Crippen LogP contribution >= 0.6 is 0 Å². The third-order valence-electron chi connectivity index (χ3n) is 6.91. The minimum Gasteiger partial charge on any atom is -0.490 e. The second-order valence-electron chi connectivity index (χ2n) is 9.21. The van der Waals surface area contributed by atoms with E-state index in [1.807, 2.05) is 30.3 Å². The Morgan fingerprint density at radius 2 is 1.91 bits per heavy atom. The second-order valence-corrected chi connectivity index (χ2v) is 9.21. The lowest BCUT2D eigenvalue weighted by molar-refractivity contribution is -0.122. The largest absolute Gasteiger partial charge is 0.490 e. The Labute approximate surface area is 192 Å². The molecule has 1 saturated heterocycles. The fourth-order valence-corrected chi connectivity index (χ4v) is 5.13. The van der Waals surface area contributed by atoms with Gasteiger partial charge in [0.1, 0.15) is 11.9 Å². The molecule has 1 amide bonds. The number of halogens is 1. The molecule has 4 N–H and O–H groups in total. The van der Waals surface area contributed by atoms with E-state index >= 15 is 0 Å². The van der Waals surface area contributed by atoms with Crippen LogP contribution in [0.25, 0.3) is 0 Å². The number of piperidine rings is 1. The summed E-state index contributed by atoms with van der Waals surface area (Å²) in [7, 11) is 2.13. The number of allylic oxidation sites excluding steroid dienone is 1. The first-order chi connectivity index (χ1) is 16.0. The lowest BCUT2D eigenvalue weighted by Crippen LogP contribution is -2.41. The summed E-state index contributed by atoms with van der Waals surface area (Å²) >= 11 is 0. The van der Waals surface area contributed by atoms with E-state index in [1.54, 1.807) is 0 Å². The highest BCUT2D eigenvalue weighted by Gasteiger charge is 2.47. The van der Waals surface area contributed by atoms with E-state index in [0.717, 1.165) is 50.0 Å². The molecule has 2 aromatic rings. The molecule has 2 heterocycles. The highest BCUT2D eigenvalue weighted by atomic mass is 19.1. The van der Waals surface area contributed by atoms with Gasteiger partial charge in [-0.2, -0.15) is 4.98 Å². The van der Waals surface area contributed by atoms with E-state index in [-0.39, 0.29) is 47.6 Å². The number of nitrogens with one attached hydrogen (secondary N) is 2. The first kappa shape index (κ1) is 21.6. The molecule has 1 saturated carbocycles. The zero-order valence-electron chi connectivity index (χ0n) is 18.6. The predicted molar refractivity (Wildman–Crippen MR) is 124 cm³/mol. The van der Waals surface area contributed by atoms with Crippen LogP contribution < -0.4 is 21.1 Å². The monoisotopic (exact) mass is 452 g/mol. The van der Waals surface area contributed by atoms with Crippen LogP contribution in [0.5, 0.6) is 5.75 Å². The van der Waals surface area contributed by atoms with Crippen LogP contribution in [0.1, 0.15) is 19.3 Å². The predicted octanol–water partition coefficient (Wildman–Crippen LogP) is 2.92. The molecule has 33 heavy (non-hydrogen) atoms. The van der Waals surface area contributed by atoms with E-state index in [2.05, 4.69) is 38.6 Å². The molecule has 0 spiro atoms. The second kappa shape index (κ2) is 8.97. The fraction of sp³-hybridized carbons (Fsp3) is 0.458. The molecule has 0 radical (unpaired) electrons. The fourth-order valence-electron chi connectivity index (χ4n) is 5.13. The van der Waals surface area contributed by atoms with Crippen LogP contribution in [0.15, 0.2) is 42.6 Å². The summed E-state index contributed by atoms with van der Waals surface area (Å²) in [6.45, 7) is 2.09. The lowest BCUT2D eigenvalue weighted by Gasteiger charge is -2.29. The van der Waals surface area contributed by atoms with Crippen molar-refractivity contribution in [3.05, 3.63) is 48.4 Å². The minimum atomic E-state index is -0.572. The number of hydrogen-bond acceptors (Lipinski definition) is 7. The van der Waals surface area contributed by atoms with Crippen LogP contribution in [-0.2, 0) is 4.79 Å². The molecule has 1 aromatic heterocycles. The van der Waals surface area contributed by atoms with Gasteiger partial charge in [0.15, 0.2) is 11.6 Å². The SMILES string of the molecule is CN1CCC(Oc2ccc(Nc3ncc(F)c(N[C@H]4[C@@H](C(N)=O)[C@@H]5C=C[C@H]4C5)n3)cc2)CC1. The van der Waals surface area contributed by atoms with E-state index < -0.39 is 5.82 Å². The van der Waals surface area contributed by atoms with Crippen molar-refractivity contribution in [2.75, 3.05) is 30.8 Å². The number of hydrogen-bond donors (Lipinski definition) is 3. The van der Waals surface area contributed by atoms with Crippen LogP contribution in [0.3, 0.4) is 0 Å². The van der Waals surface area contributed by atoms with Gasteiger partial charge in [-0.15, -0.1) is 0 Å². The number of likely N-dealkylation sites (tertiary alicyclic amines) is 1. The summed E-state index contributed by atoms with van der Waals surface area (Å²) in [6.07, 6.45) is 8.33. The molecule has 0 unspecified atom stereocenters. The van der Waals surface area contributed by atoms with Crippen molar-refractivity contribution in [2.45, 2.75) is 31.4 Å².